The molecule has 0 bridgehead atoms. The topological polar surface area (TPSA) is 0 Å². The van der Waals surface area contributed by atoms with Crippen LogP contribution < -0.4 is 37.7 Å². The molecule has 0 heterocycles. The molecule has 12 heavy (non-hydrogen) atoms. The molecule has 4 heteroatoms. The maximum absolute atomic E-state index is 3.91. The Morgan fingerprint density at radius 3 is 0.583 bits per heavy atom. The van der Waals surface area contributed by atoms with Crippen LogP contribution in [0, 0.1) is 13.1 Å². The van der Waals surface area contributed by atoms with Crippen LogP contribution in [0.2, 0.25) is 39.3 Å². The van der Waals surface area contributed by atoms with Crippen molar-refractivity contribution in [1.29, 1.82) is 0 Å². The van der Waals surface area contributed by atoms with Gasteiger partial charge in [0.25, 0.3) is 0 Å². The average molecular weight is 188 g/mol. The summed E-state index contributed by atoms with van der Waals surface area (Å²) in [6.45, 7) is 21.1. The first-order valence-corrected chi connectivity index (χ1v) is 11.1. The van der Waals surface area contributed by atoms with Gasteiger partial charge >= 0.3 is 37.7 Å². The predicted molar refractivity (Wildman–Crippen MR) is 57.4 cm³/mol. The Kier molecular flexibility index (Phi) is 18.0. The van der Waals surface area contributed by atoms with Crippen LogP contribution in [0.5, 0.6) is 0 Å². The van der Waals surface area contributed by atoms with Crippen molar-refractivity contribution in [3.63, 3.8) is 0 Å². The van der Waals surface area contributed by atoms with Gasteiger partial charge < -0.3 is 13.1 Å². The molecule has 0 radical (unpaired) electrons. The molecule has 0 aromatic carbocycles. The molecule has 0 unspecified atom stereocenters. The van der Waals surface area contributed by atoms with Crippen molar-refractivity contribution in [2.45, 2.75) is 39.3 Å². The molecule has 0 aromatic rings. The Balaban J connectivity index is -0.0000000457. The van der Waals surface area contributed by atoms with Crippen molar-refractivity contribution in [2.75, 3.05) is 0 Å². The van der Waals surface area contributed by atoms with Crippen LogP contribution in [0.25, 0.3) is 0 Å². The van der Waals surface area contributed by atoms with E-state index in [1.54, 1.807) is 0 Å². The van der Waals surface area contributed by atoms with Crippen molar-refractivity contribution in [3.05, 3.63) is 13.1 Å². The first-order valence-electron chi connectivity index (χ1n) is 3.71. The van der Waals surface area contributed by atoms with Crippen LogP contribution in [0.4, 0.5) is 0 Å². The van der Waals surface area contributed by atoms with E-state index in [1.165, 1.54) is 0 Å². The Morgan fingerprint density at radius 1 is 0.583 bits per heavy atom. The molecule has 0 amide bonds. The third-order valence-electron chi connectivity index (χ3n) is 0. The molecule has 0 aliphatic carbocycles. The van der Waals surface area contributed by atoms with E-state index >= 15 is 0 Å². The van der Waals surface area contributed by atoms with E-state index in [-0.39, 0.29) is 37.7 Å². The van der Waals surface area contributed by atoms with Crippen LogP contribution in [-0.4, -0.2) is 16.1 Å². The molecule has 0 spiro atoms. The standard InChI is InChI=1S/2C4H11Si.2Li/c2*1-5(2,3)4;;/h2*1H2,2-4H3;;/q2*-1;2*+1. The molecular weight excluding hydrogens is 166 g/mol. The zero-order chi connectivity index (χ0) is 9.00. The largest absolute Gasteiger partial charge is 1.00 e. The first kappa shape index (κ1) is 23.4. The molecular formula is C8H22Li2Si2. The van der Waals surface area contributed by atoms with Gasteiger partial charge in [0.05, 0.1) is 0 Å². The van der Waals surface area contributed by atoms with Gasteiger partial charge in [-0.05, 0) is 0 Å². The Hall–Kier alpha value is 1.63. The van der Waals surface area contributed by atoms with E-state index < -0.39 is 16.1 Å². The summed E-state index contributed by atoms with van der Waals surface area (Å²) >= 11 is 0. The summed E-state index contributed by atoms with van der Waals surface area (Å²) in [7, 11) is -1.72. The smallest absolute Gasteiger partial charge is 0.342 e. The molecule has 0 aliphatic heterocycles. The quantitative estimate of drug-likeness (QED) is 0.289. The Morgan fingerprint density at radius 2 is 0.583 bits per heavy atom. The van der Waals surface area contributed by atoms with E-state index in [4.69, 9.17) is 0 Å². The maximum Gasteiger partial charge on any atom is 1.00 e. The van der Waals surface area contributed by atoms with Gasteiger partial charge in [-0.3, -0.25) is 0 Å². The fraction of sp³-hybridized carbons (Fsp3) is 0.750. The summed E-state index contributed by atoms with van der Waals surface area (Å²) < 4.78 is 0. The van der Waals surface area contributed by atoms with E-state index in [1.807, 2.05) is 0 Å². The van der Waals surface area contributed by atoms with Gasteiger partial charge in [-0.15, -0.1) is 16.1 Å². The first-order chi connectivity index (χ1) is 4.00. The van der Waals surface area contributed by atoms with Crippen LogP contribution in [0.15, 0.2) is 0 Å². The fourth-order valence-corrected chi connectivity index (χ4v) is 0. The normalized spacial score (nSPS) is 10.0. The number of hydrogen-bond donors (Lipinski definition) is 0. The van der Waals surface area contributed by atoms with Gasteiger partial charge in [0, 0.05) is 0 Å². The summed E-state index contributed by atoms with van der Waals surface area (Å²) in [5, 5.41) is 0. The second-order valence-corrected chi connectivity index (χ2v) is 15.4. The Labute approximate surface area is 106 Å². The Bertz CT molecular complexity index is 58.0. The molecule has 0 rings (SSSR count). The zero-order valence-corrected chi connectivity index (χ0v) is 12.4. The van der Waals surface area contributed by atoms with Gasteiger partial charge in [-0.2, -0.15) is 0 Å². The van der Waals surface area contributed by atoms with Gasteiger partial charge in [-0.25, -0.2) is 0 Å². The minimum absolute atomic E-state index is 0. The summed E-state index contributed by atoms with van der Waals surface area (Å²) in [5.74, 6) is 0. The number of rotatable bonds is 0. The molecule has 0 aliphatic rings. The van der Waals surface area contributed by atoms with Crippen molar-refractivity contribution in [3.8, 4) is 0 Å². The van der Waals surface area contributed by atoms with E-state index in [0.717, 1.165) is 0 Å². The molecule has 0 nitrogen and oxygen atoms in total. The van der Waals surface area contributed by atoms with Gasteiger partial charge in [0.1, 0.15) is 0 Å². The van der Waals surface area contributed by atoms with Crippen molar-refractivity contribution in [1.82, 2.24) is 0 Å². The van der Waals surface area contributed by atoms with Gasteiger partial charge in [0.15, 0.2) is 0 Å². The van der Waals surface area contributed by atoms with Gasteiger partial charge in [-0.1, -0.05) is 39.3 Å². The molecule has 0 saturated heterocycles. The minimum Gasteiger partial charge on any atom is -0.342 e. The second kappa shape index (κ2) is 9.19. The minimum atomic E-state index is -0.861. The maximum atomic E-state index is 3.91. The van der Waals surface area contributed by atoms with Crippen LogP contribution in [-0.2, 0) is 0 Å². The van der Waals surface area contributed by atoms with E-state index in [9.17, 15) is 0 Å². The predicted octanol–water partition coefficient (Wildman–Crippen LogP) is -2.60. The van der Waals surface area contributed by atoms with Crippen LogP contribution in [0.1, 0.15) is 0 Å². The number of hydrogen-bond acceptors (Lipinski definition) is 0. The summed E-state index contributed by atoms with van der Waals surface area (Å²) in [4.78, 5) is 0. The monoisotopic (exact) mass is 188 g/mol. The van der Waals surface area contributed by atoms with E-state index in [2.05, 4.69) is 52.4 Å². The van der Waals surface area contributed by atoms with Crippen LogP contribution >= 0.6 is 0 Å². The second-order valence-electron chi connectivity index (χ2n) is 5.12. The zero-order valence-electron chi connectivity index (χ0n) is 10.4. The van der Waals surface area contributed by atoms with Crippen molar-refractivity contribution < 1.29 is 37.7 Å². The summed E-state index contributed by atoms with van der Waals surface area (Å²) in [6, 6.07) is 0. The molecule has 0 fully saturated rings. The average Bonchev–Trinajstić information content (AvgIpc) is 1.12. The van der Waals surface area contributed by atoms with Crippen molar-refractivity contribution >= 4 is 16.1 Å². The molecule has 0 N–H and O–H groups in total. The van der Waals surface area contributed by atoms with Crippen LogP contribution in [0.3, 0.4) is 0 Å². The summed E-state index contributed by atoms with van der Waals surface area (Å²) in [6.07, 6.45) is 0. The van der Waals surface area contributed by atoms with Crippen molar-refractivity contribution in [2.24, 2.45) is 0 Å². The third kappa shape index (κ3) is 495. The SMILES string of the molecule is [CH2-][Si](C)(C)C.[CH2-][Si](C)(C)C.[Li+].[Li+]. The molecule has 0 aromatic heterocycles. The van der Waals surface area contributed by atoms with E-state index in [0.29, 0.717) is 0 Å². The fourth-order valence-electron chi connectivity index (χ4n) is 0. The molecule has 0 saturated carbocycles. The van der Waals surface area contributed by atoms with Gasteiger partial charge in [0.2, 0.25) is 0 Å². The third-order valence-corrected chi connectivity index (χ3v) is 0. The summed E-state index contributed by atoms with van der Waals surface area (Å²) in [5.41, 5.74) is 0. The molecule has 64 valence electrons. The molecule has 0 atom stereocenters.